The first-order valence-electron chi connectivity index (χ1n) is 12.4. The molecule has 2 atom stereocenters. The van der Waals surface area contributed by atoms with E-state index in [-0.39, 0.29) is 17.6 Å². The van der Waals surface area contributed by atoms with Gasteiger partial charge in [0, 0.05) is 11.6 Å². The number of aliphatic hydroxyl groups is 1. The van der Waals surface area contributed by atoms with Crippen molar-refractivity contribution in [3.8, 4) is 17.0 Å². The van der Waals surface area contributed by atoms with Gasteiger partial charge in [-0.1, -0.05) is 13.0 Å². The maximum absolute atomic E-state index is 14.7. The molecule has 0 saturated heterocycles. The van der Waals surface area contributed by atoms with Crippen LogP contribution in [0.1, 0.15) is 49.6 Å². The predicted molar refractivity (Wildman–Crippen MR) is 139 cm³/mol. The molecule has 0 bridgehead atoms. The number of ether oxygens (including phenoxy) is 1. The number of anilines is 1. The Balaban J connectivity index is 1.55. The number of amidine groups is 1. The number of methoxy groups -OCH3 is 1. The molecule has 6 rings (SSSR count). The summed E-state index contributed by atoms with van der Waals surface area (Å²) in [5, 5.41) is 17.0. The van der Waals surface area contributed by atoms with Gasteiger partial charge in [-0.05, 0) is 62.1 Å². The van der Waals surface area contributed by atoms with Crippen molar-refractivity contribution in [1.82, 2.24) is 24.6 Å². The number of benzene rings is 2. The van der Waals surface area contributed by atoms with Gasteiger partial charge in [-0.15, -0.1) is 0 Å². The number of hydrogen-bond donors (Lipinski definition) is 2. The number of aryl methyl sites for hydroxylation is 1. The van der Waals surface area contributed by atoms with E-state index in [9.17, 15) is 9.50 Å². The van der Waals surface area contributed by atoms with Gasteiger partial charge in [0.25, 0.3) is 0 Å². The van der Waals surface area contributed by atoms with E-state index in [4.69, 9.17) is 20.6 Å². The number of nitrogens with two attached hydrogens (primary N) is 1. The normalized spacial score (nSPS) is 18.0. The Hall–Kier alpha value is -4.05. The molecule has 9 nitrogen and oxygen atoms in total. The van der Waals surface area contributed by atoms with Crippen LogP contribution in [-0.4, -0.2) is 48.7 Å². The van der Waals surface area contributed by atoms with Crippen LogP contribution in [0, 0.1) is 12.7 Å². The Bertz CT molecular complexity index is 1550. The highest BCUT2D eigenvalue weighted by atomic mass is 19.1. The van der Waals surface area contributed by atoms with E-state index < -0.39 is 12.0 Å². The van der Waals surface area contributed by atoms with Crippen LogP contribution >= 0.6 is 0 Å². The molecule has 4 aromatic rings. The number of nitrogen functional groups attached to an aromatic ring is 1. The molecule has 0 amide bonds. The summed E-state index contributed by atoms with van der Waals surface area (Å²) in [7, 11) is 1.64. The van der Waals surface area contributed by atoms with Gasteiger partial charge in [-0.2, -0.15) is 5.10 Å². The third-order valence-electron chi connectivity index (χ3n) is 7.16. The molecule has 2 aromatic heterocycles. The maximum Gasteiger partial charge on any atom is 0.164 e. The number of rotatable bonds is 6. The van der Waals surface area contributed by atoms with E-state index in [0.717, 1.165) is 29.7 Å². The van der Waals surface area contributed by atoms with Crippen LogP contribution < -0.4 is 10.5 Å². The lowest BCUT2D eigenvalue weighted by Gasteiger charge is -2.38. The SMILES string of the molecule is CCC(C1=Nc2cccc(F)c2C(O)N1C1CC1)n1nc(-c2ccc(OC)c(C)c2)c2c(N)ncnc21. The van der Waals surface area contributed by atoms with Crippen LogP contribution in [0.5, 0.6) is 5.75 Å². The number of aromatic nitrogens is 4. The van der Waals surface area contributed by atoms with Gasteiger partial charge in [0.1, 0.15) is 41.3 Å². The van der Waals surface area contributed by atoms with Crippen LogP contribution in [0.15, 0.2) is 47.7 Å². The van der Waals surface area contributed by atoms with Gasteiger partial charge in [0.2, 0.25) is 0 Å². The second-order valence-corrected chi connectivity index (χ2v) is 9.51. The van der Waals surface area contributed by atoms with Crippen molar-refractivity contribution in [2.24, 2.45) is 4.99 Å². The molecular weight excluding hydrogens is 473 g/mol. The summed E-state index contributed by atoms with van der Waals surface area (Å²) < 4.78 is 22.0. The first-order valence-corrected chi connectivity index (χ1v) is 12.4. The summed E-state index contributed by atoms with van der Waals surface area (Å²) >= 11 is 0. The summed E-state index contributed by atoms with van der Waals surface area (Å²) in [5.41, 5.74) is 10.0. The van der Waals surface area contributed by atoms with Crippen molar-refractivity contribution >= 4 is 28.4 Å². The van der Waals surface area contributed by atoms with Crippen molar-refractivity contribution in [1.29, 1.82) is 0 Å². The zero-order valence-electron chi connectivity index (χ0n) is 20.9. The summed E-state index contributed by atoms with van der Waals surface area (Å²) in [6, 6.07) is 10.2. The molecule has 190 valence electrons. The Morgan fingerprint density at radius 2 is 2.03 bits per heavy atom. The summed E-state index contributed by atoms with van der Waals surface area (Å²) in [4.78, 5) is 15.5. The van der Waals surface area contributed by atoms with Crippen molar-refractivity contribution < 1.29 is 14.2 Å². The van der Waals surface area contributed by atoms with Gasteiger partial charge >= 0.3 is 0 Å². The number of halogens is 1. The number of aliphatic imine (C=N–C) groups is 1. The molecule has 1 fully saturated rings. The zero-order chi connectivity index (χ0) is 25.8. The lowest BCUT2D eigenvalue weighted by molar-refractivity contribution is 0.0382. The zero-order valence-corrected chi connectivity index (χ0v) is 20.9. The molecule has 2 aliphatic rings. The monoisotopic (exact) mass is 501 g/mol. The summed E-state index contributed by atoms with van der Waals surface area (Å²) in [6.07, 6.45) is 2.72. The highest BCUT2D eigenvalue weighted by Gasteiger charge is 2.43. The fourth-order valence-corrected chi connectivity index (χ4v) is 5.22. The molecule has 3 N–H and O–H groups in total. The molecule has 37 heavy (non-hydrogen) atoms. The smallest absolute Gasteiger partial charge is 0.164 e. The van der Waals surface area contributed by atoms with Crippen molar-refractivity contribution in [2.45, 2.75) is 51.4 Å². The third-order valence-corrected chi connectivity index (χ3v) is 7.16. The average Bonchev–Trinajstić information content (AvgIpc) is 3.65. The summed E-state index contributed by atoms with van der Waals surface area (Å²) in [6.45, 7) is 4.00. The van der Waals surface area contributed by atoms with Crippen molar-refractivity contribution in [3.63, 3.8) is 0 Å². The Kier molecular flexibility index (Phi) is 5.56. The number of aliphatic hydroxyl groups excluding tert-OH is 1. The Labute approximate surface area is 213 Å². The molecule has 1 saturated carbocycles. The fourth-order valence-electron chi connectivity index (χ4n) is 5.22. The Morgan fingerprint density at radius 3 is 2.73 bits per heavy atom. The minimum absolute atomic E-state index is 0.0841. The minimum Gasteiger partial charge on any atom is -0.496 e. The highest BCUT2D eigenvalue weighted by molar-refractivity contribution is 6.00. The van der Waals surface area contributed by atoms with E-state index >= 15 is 0 Å². The van der Waals surface area contributed by atoms with Crippen LogP contribution in [0.2, 0.25) is 0 Å². The van der Waals surface area contributed by atoms with Crippen LogP contribution in [0.4, 0.5) is 15.9 Å². The topological polar surface area (TPSA) is 115 Å². The first-order chi connectivity index (χ1) is 17.9. The molecule has 2 unspecified atom stereocenters. The highest BCUT2D eigenvalue weighted by Crippen LogP contribution is 2.44. The molecule has 0 spiro atoms. The standard InChI is InChI=1S/C27H28FN7O2/c1-4-19(25-32-18-7-5-6-17(28)21(18)27(36)34(25)16-9-10-16)35-26-22(24(29)30-13-31-26)23(33-35)15-8-11-20(37-3)14(2)12-15/h5-8,11-13,16,19,27,36H,4,9-10H2,1-3H3,(H2,29,30,31). The van der Waals surface area contributed by atoms with Crippen LogP contribution in [0.25, 0.3) is 22.3 Å². The molecule has 10 heteroatoms. The minimum atomic E-state index is -1.13. The van der Waals surface area contributed by atoms with Gasteiger partial charge in [-0.25, -0.2) is 24.0 Å². The molecular formula is C27H28FN7O2. The summed E-state index contributed by atoms with van der Waals surface area (Å²) in [5.74, 6) is 1.27. The second kappa shape index (κ2) is 8.81. The molecule has 0 radical (unpaired) electrons. The maximum atomic E-state index is 14.7. The number of nitrogens with zero attached hydrogens (tertiary/aromatic N) is 6. The molecule has 1 aliphatic carbocycles. The lowest BCUT2D eigenvalue weighted by atomic mass is 10.0. The van der Waals surface area contributed by atoms with Gasteiger partial charge in [0.15, 0.2) is 11.9 Å². The lowest BCUT2D eigenvalue weighted by Crippen LogP contribution is -2.43. The quantitative estimate of drug-likeness (QED) is 0.394. The Morgan fingerprint density at radius 1 is 1.22 bits per heavy atom. The van der Waals surface area contributed by atoms with Gasteiger partial charge < -0.3 is 20.5 Å². The molecule has 3 heterocycles. The van der Waals surface area contributed by atoms with Gasteiger partial charge in [-0.3, -0.25) is 0 Å². The molecule has 2 aromatic carbocycles. The van der Waals surface area contributed by atoms with E-state index in [0.29, 0.717) is 40.5 Å². The van der Waals surface area contributed by atoms with E-state index in [1.807, 2.05) is 41.6 Å². The second-order valence-electron chi connectivity index (χ2n) is 9.51. The van der Waals surface area contributed by atoms with Crippen LogP contribution in [0.3, 0.4) is 0 Å². The van der Waals surface area contributed by atoms with E-state index in [1.165, 1.54) is 12.4 Å². The van der Waals surface area contributed by atoms with Crippen molar-refractivity contribution in [2.75, 3.05) is 12.8 Å². The van der Waals surface area contributed by atoms with E-state index in [1.54, 1.807) is 19.2 Å². The van der Waals surface area contributed by atoms with E-state index in [2.05, 4.69) is 9.97 Å². The third kappa shape index (κ3) is 3.71. The van der Waals surface area contributed by atoms with Gasteiger partial charge in [0.05, 0.1) is 23.7 Å². The van der Waals surface area contributed by atoms with Crippen molar-refractivity contribution in [3.05, 3.63) is 59.7 Å². The number of fused-ring (bicyclic) bond motifs is 2. The predicted octanol–water partition coefficient (Wildman–Crippen LogP) is 4.68. The fraction of sp³-hybridized carbons (Fsp3) is 0.333. The largest absolute Gasteiger partial charge is 0.496 e. The van der Waals surface area contributed by atoms with Crippen LogP contribution in [-0.2, 0) is 0 Å². The first kappa shape index (κ1) is 23.4. The molecule has 1 aliphatic heterocycles. The number of hydrogen-bond acceptors (Lipinski definition) is 8. The average molecular weight is 502 g/mol.